The first-order chi connectivity index (χ1) is 12.5. The van der Waals surface area contributed by atoms with Crippen molar-refractivity contribution in [2.75, 3.05) is 0 Å². The van der Waals surface area contributed by atoms with Crippen LogP contribution in [-0.4, -0.2) is 27.6 Å². The zero-order valence-corrected chi connectivity index (χ0v) is 16.0. The molecule has 0 saturated heterocycles. The number of hydrogen-bond donors (Lipinski definition) is 1. The Hall–Kier alpha value is -2.17. The first-order valence-electron chi connectivity index (χ1n) is 9.74. The van der Waals surface area contributed by atoms with Crippen molar-refractivity contribution in [1.29, 1.82) is 0 Å². The molecular weight excluding hydrogens is 326 g/mol. The van der Waals surface area contributed by atoms with Gasteiger partial charge in [-0.15, -0.1) is 0 Å². The number of rotatable bonds is 5. The summed E-state index contributed by atoms with van der Waals surface area (Å²) in [5, 5.41) is 8.54. The Morgan fingerprint density at radius 3 is 2.77 bits per heavy atom. The van der Waals surface area contributed by atoms with Crippen LogP contribution >= 0.6 is 0 Å². The quantitative estimate of drug-likeness (QED) is 0.878. The van der Waals surface area contributed by atoms with Gasteiger partial charge >= 0.3 is 0 Å². The van der Waals surface area contributed by atoms with Crippen LogP contribution in [0.4, 0.5) is 0 Å². The van der Waals surface area contributed by atoms with E-state index in [0.29, 0.717) is 31.1 Å². The van der Waals surface area contributed by atoms with Gasteiger partial charge in [0.1, 0.15) is 0 Å². The Labute approximate surface area is 155 Å². The zero-order chi connectivity index (χ0) is 18.7. The van der Waals surface area contributed by atoms with Gasteiger partial charge < -0.3 is 5.32 Å². The predicted octanol–water partition coefficient (Wildman–Crippen LogP) is 4.10. The standard InChI is InChI=1S/C21H29N3O2/c1-14-8-6-10-18(15(14)2)22-20(25)12-7-13-21(26)24-19-11-5-4-9-17(19)16(3)23-24/h4-5,9,11,14-15,18H,6-8,10,12-13H2,1-3H3,(H,22,25). The number of nitrogens with one attached hydrogen (secondary N) is 1. The Morgan fingerprint density at radius 2 is 1.96 bits per heavy atom. The van der Waals surface area contributed by atoms with Crippen LogP contribution < -0.4 is 5.32 Å². The normalized spacial score (nSPS) is 23.1. The van der Waals surface area contributed by atoms with Crippen molar-refractivity contribution in [3.8, 4) is 0 Å². The molecule has 3 atom stereocenters. The summed E-state index contributed by atoms with van der Waals surface area (Å²) in [5.74, 6) is 1.19. The summed E-state index contributed by atoms with van der Waals surface area (Å²) < 4.78 is 1.48. The molecular formula is C21H29N3O2. The van der Waals surface area contributed by atoms with Gasteiger partial charge in [0, 0.05) is 24.3 Å². The fraction of sp³-hybridized carbons (Fsp3) is 0.571. The lowest BCUT2D eigenvalue weighted by Crippen LogP contribution is -2.43. The average molecular weight is 355 g/mol. The lowest BCUT2D eigenvalue weighted by atomic mass is 9.78. The van der Waals surface area contributed by atoms with E-state index in [2.05, 4.69) is 24.3 Å². The van der Waals surface area contributed by atoms with E-state index < -0.39 is 0 Å². The Kier molecular flexibility index (Phi) is 5.74. The second-order valence-corrected chi connectivity index (χ2v) is 7.70. The van der Waals surface area contributed by atoms with Crippen molar-refractivity contribution >= 4 is 22.7 Å². The molecule has 2 aromatic rings. The second kappa shape index (κ2) is 8.02. The highest BCUT2D eigenvalue weighted by Crippen LogP contribution is 2.29. The van der Waals surface area contributed by atoms with Gasteiger partial charge in [0.15, 0.2) is 0 Å². The van der Waals surface area contributed by atoms with Crippen molar-refractivity contribution in [3.05, 3.63) is 30.0 Å². The van der Waals surface area contributed by atoms with Crippen LogP contribution in [0.25, 0.3) is 10.9 Å². The number of hydrogen-bond acceptors (Lipinski definition) is 3. The summed E-state index contributed by atoms with van der Waals surface area (Å²) in [6.07, 6.45) is 4.76. The minimum absolute atomic E-state index is 0.0539. The predicted molar refractivity (Wildman–Crippen MR) is 103 cm³/mol. The average Bonchev–Trinajstić information content (AvgIpc) is 2.96. The Morgan fingerprint density at radius 1 is 1.19 bits per heavy atom. The molecule has 140 valence electrons. The zero-order valence-electron chi connectivity index (χ0n) is 16.0. The molecule has 0 bridgehead atoms. The van der Waals surface area contributed by atoms with Crippen molar-refractivity contribution in [3.63, 3.8) is 0 Å². The third-order valence-electron chi connectivity index (χ3n) is 5.86. The molecule has 0 radical (unpaired) electrons. The van der Waals surface area contributed by atoms with Crippen LogP contribution in [0, 0.1) is 18.8 Å². The van der Waals surface area contributed by atoms with Gasteiger partial charge in [-0.05, 0) is 37.7 Å². The molecule has 1 amide bonds. The number of amides is 1. The van der Waals surface area contributed by atoms with Crippen LogP contribution in [0.5, 0.6) is 0 Å². The van der Waals surface area contributed by atoms with Gasteiger partial charge in [0.25, 0.3) is 0 Å². The van der Waals surface area contributed by atoms with Gasteiger partial charge in [-0.1, -0.05) is 44.9 Å². The largest absolute Gasteiger partial charge is 0.353 e. The molecule has 0 aliphatic heterocycles. The van der Waals surface area contributed by atoms with Gasteiger partial charge in [0.2, 0.25) is 11.8 Å². The van der Waals surface area contributed by atoms with Crippen molar-refractivity contribution in [2.24, 2.45) is 11.8 Å². The van der Waals surface area contributed by atoms with E-state index in [9.17, 15) is 9.59 Å². The molecule has 1 aromatic carbocycles. The van der Waals surface area contributed by atoms with Crippen LogP contribution in [0.1, 0.15) is 62.9 Å². The molecule has 1 aliphatic carbocycles. The molecule has 1 aliphatic rings. The number of para-hydroxylation sites is 1. The number of aromatic nitrogens is 2. The molecule has 3 rings (SSSR count). The molecule has 26 heavy (non-hydrogen) atoms. The van der Waals surface area contributed by atoms with Crippen molar-refractivity contribution in [1.82, 2.24) is 15.1 Å². The number of aryl methyl sites for hydroxylation is 1. The number of benzene rings is 1. The van der Waals surface area contributed by atoms with Gasteiger partial charge in [-0.25, -0.2) is 0 Å². The van der Waals surface area contributed by atoms with Crippen LogP contribution in [0.15, 0.2) is 24.3 Å². The lowest BCUT2D eigenvalue weighted by molar-refractivity contribution is -0.122. The van der Waals surface area contributed by atoms with E-state index in [4.69, 9.17) is 0 Å². The SMILES string of the molecule is Cc1nn(C(=O)CCCC(=O)NC2CCCC(C)C2C)c2ccccc12. The summed E-state index contributed by atoms with van der Waals surface area (Å²) in [7, 11) is 0. The number of fused-ring (bicyclic) bond motifs is 1. The fourth-order valence-electron chi connectivity index (χ4n) is 3.98. The number of nitrogens with zero attached hydrogens (tertiary/aromatic N) is 2. The van der Waals surface area contributed by atoms with E-state index >= 15 is 0 Å². The maximum atomic E-state index is 12.5. The Balaban J connectivity index is 1.51. The maximum absolute atomic E-state index is 12.5. The van der Waals surface area contributed by atoms with Crippen molar-refractivity contribution in [2.45, 2.75) is 65.3 Å². The molecule has 1 heterocycles. The van der Waals surface area contributed by atoms with Crippen molar-refractivity contribution < 1.29 is 9.59 Å². The molecule has 0 spiro atoms. The van der Waals surface area contributed by atoms with Gasteiger partial charge in [-0.2, -0.15) is 9.78 Å². The molecule has 1 aromatic heterocycles. The summed E-state index contributed by atoms with van der Waals surface area (Å²) in [6, 6.07) is 8.02. The molecule has 3 unspecified atom stereocenters. The third-order valence-corrected chi connectivity index (χ3v) is 5.86. The first kappa shape index (κ1) is 18.6. The molecule has 1 fully saturated rings. The monoisotopic (exact) mass is 355 g/mol. The maximum Gasteiger partial charge on any atom is 0.247 e. The lowest BCUT2D eigenvalue weighted by Gasteiger charge is -2.34. The second-order valence-electron chi connectivity index (χ2n) is 7.70. The first-order valence-corrected chi connectivity index (χ1v) is 9.74. The highest BCUT2D eigenvalue weighted by Gasteiger charge is 2.28. The van der Waals surface area contributed by atoms with E-state index in [1.165, 1.54) is 17.5 Å². The molecule has 1 saturated carbocycles. The smallest absolute Gasteiger partial charge is 0.247 e. The highest BCUT2D eigenvalue weighted by molar-refractivity contribution is 5.92. The van der Waals surface area contributed by atoms with E-state index in [0.717, 1.165) is 23.0 Å². The van der Waals surface area contributed by atoms with Crippen LogP contribution in [0.3, 0.4) is 0 Å². The highest BCUT2D eigenvalue weighted by atomic mass is 16.2. The van der Waals surface area contributed by atoms with Crippen LogP contribution in [-0.2, 0) is 4.79 Å². The number of carbonyl (C=O) groups is 2. The topological polar surface area (TPSA) is 64.0 Å². The summed E-state index contributed by atoms with van der Waals surface area (Å²) in [5.41, 5.74) is 1.69. The van der Waals surface area contributed by atoms with Gasteiger partial charge in [0.05, 0.1) is 11.2 Å². The molecule has 1 N–H and O–H groups in total. The molecule has 5 nitrogen and oxygen atoms in total. The summed E-state index contributed by atoms with van der Waals surface area (Å²) >= 11 is 0. The third kappa shape index (κ3) is 3.97. The van der Waals surface area contributed by atoms with E-state index in [1.807, 2.05) is 31.2 Å². The summed E-state index contributed by atoms with van der Waals surface area (Å²) in [6.45, 7) is 6.40. The minimum Gasteiger partial charge on any atom is -0.353 e. The Bertz CT molecular complexity index is 796. The van der Waals surface area contributed by atoms with Gasteiger partial charge in [-0.3, -0.25) is 9.59 Å². The minimum atomic E-state index is -0.0539. The molecule has 5 heteroatoms. The van der Waals surface area contributed by atoms with Crippen LogP contribution in [0.2, 0.25) is 0 Å². The summed E-state index contributed by atoms with van der Waals surface area (Å²) in [4.78, 5) is 24.8. The van der Waals surface area contributed by atoms with E-state index in [-0.39, 0.29) is 17.9 Å². The number of carbonyl (C=O) groups excluding carboxylic acids is 2. The fourth-order valence-corrected chi connectivity index (χ4v) is 3.98. The van der Waals surface area contributed by atoms with E-state index in [1.54, 1.807) is 0 Å².